The van der Waals surface area contributed by atoms with E-state index in [-0.39, 0.29) is 17.9 Å². The number of carbonyl (C=O) groups is 2. The predicted molar refractivity (Wildman–Crippen MR) is 62.2 cm³/mol. The topological polar surface area (TPSA) is 78.4 Å². The van der Waals surface area contributed by atoms with Gasteiger partial charge in [0.1, 0.15) is 6.04 Å². The van der Waals surface area contributed by atoms with Gasteiger partial charge in [-0.1, -0.05) is 20.8 Å². The van der Waals surface area contributed by atoms with E-state index in [0.717, 1.165) is 13.0 Å². The second-order valence-corrected chi connectivity index (χ2v) is 4.24. The fraction of sp³-hybridized carbons (Fsp3) is 0.818. The molecule has 5 nitrogen and oxygen atoms in total. The molecule has 0 saturated heterocycles. The Hall–Kier alpha value is -1.10. The fourth-order valence-electron chi connectivity index (χ4n) is 1.30. The maximum Gasteiger partial charge on any atom is 0.325 e. The third-order valence-electron chi connectivity index (χ3n) is 2.29. The highest BCUT2D eigenvalue weighted by Gasteiger charge is 2.24. The van der Waals surface area contributed by atoms with E-state index in [2.05, 4.69) is 10.6 Å². The summed E-state index contributed by atoms with van der Waals surface area (Å²) in [5.41, 5.74) is 0. The molecule has 5 heteroatoms. The van der Waals surface area contributed by atoms with Gasteiger partial charge in [-0.15, -0.1) is 0 Å². The first kappa shape index (κ1) is 14.9. The van der Waals surface area contributed by atoms with Gasteiger partial charge >= 0.3 is 5.97 Å². The van der Waals surface area contributed by atoms with Crippen molar-refractivity contribution >= 4 is 11.9 Å². The Labute approximate surface area is 96.6 Å². The summed E-state index contributed by atoms with van der Waals surface area (Å²) in [6.45, 7) is 8.08. The summed E-state index contributed by atoms with van der Waals surface area (Å²) in [7, 11) is 0. The van der Waals surface area contributed by atoms with Crippen LogP contribution in [-0.2, 0) is 9.59 Å². The number of nitrogens with one attached hydrogen (secondary N) is 2. The van der Waals surface area contributed by atoms with Crippen LogP contribution < -0.4 is 10.6 Å². The highest BCUT2D eigenvalue weighted by molar-refractivity contribution is 5.86. The van der Waals surface area contributed by atoms with Gasteiger partial charge in [-0.05, 0) is 25.8 Å². The Kier molecular flexibility index (Phi) is 6.72. The molecule has 0 aliphatic carbocycles. The van der Waals surface area contributed by atoms with Gasteiger partial charge in [0, 0.05) is 0 Å². The second kappa shape index (κ2) is 7.22. The van der Waals surface area contributed by atoms with Gasteiger partial charge in [0.15, 0.2) is 0 Å². The zero-order valence-electron chi connectivity index (χ0n) is 10.4. The number of aliphatic carboxylic acids is 1. The third-order valence-corrected chi connectivity index (χ3v) is 2.29. The molecule has 0 spiro atoms. The Morgan fingerprint density at radius 2 is 1.81 bits per heavy atom. The van der Waals surface area contributed by atoms with Gasteiger partial charge < -0.3 is 15.7 Å². The van der Waals surface area contributed by atoms with E-state index < -0.39 is 12.0 Å². The van der Waals surface area contributed by atoms with Crippen molar-refractivity contribution in [2.75, 3.05) is 6.54 Å². The van der Waals surface area contributed by atoms with Crippen LogP contribution in [0.1, 0.15) is 34.1 Å². The molecule has 0 aromatic carbocycles. The lowest BCUT2D eigenvalue weighted by Gasteiger charge is -2.22. The normalized spacial score (nSPS) is 14.6. The van der Waals surface area contributed by atoms with E-state index >= 15 is 0 Å². The van der Waals surface area contributed by atoms with Crippen LogP contribution >= 0.6 is 0 Å². The molecular weight excluding hydrogens is 208 g/mol. The lowest BCUT2D eigenvalue weighted by Crippen LogP contribution is -2.51. The number of carboxylic acids is 1. The van der Waals surface area contributed by atoms with E-state index in [9.17, 15) is 9.59 Å². The van der Waals surface area contributed by atoms with Crippen molar-refractivity contribution in [1.82, 2.24) is 10.6 Å². The van der Waals surface area contributed by atoms with Gasteiger partial charge in [-0.25, -0.2) is 0 Å². The lowest BCUT2D eigenvalue weighted by molar-refractivity contribution is -0.141. The molecule has 0 radical (unpaired) electrons. The average Bonchev–Trinajstić information content (AvgIpc) is 2.17. The summed E-state index contributed by atoms with van der Waals surface area (Å²) in [6, 6.07) is -1.18. The van der Waals surface area contributed by atoms with E-state index in [4.69, 9.17) is 5.11 Å². The number of rotatable bonds is 7. The standard InChI is InChI=1S/C11H22N2O3/c1-5-6-12-9(7(2)3)10(14)13-8(4)11(15)16/h7-9,12H,5-6H2,1-4H3,(H,13,14)(H,15,16)/t8-,9-/m0/s1. The quantitative estimate of drug-likeness (QED) is 0.598. The number of amides is 1. The van der Waals surface area contributed by atoms with Crippen LogP contribution in [0.2, 0.25) is 0 Å². The minimum atomic E-state index is -1.02. The van der Waals surface area contributed by atoms with Gasteiger partial charge in [0.05, 0.1) is 6.04 Å². The number of hydrogen-bond donors (Lipinski definition) is 3. The van der Waals surface area contributed by atoms with Gasteiger partial charge in [0.25, 0.3) is 0 Å². The minimum Gasteiger partial charge on any atom is -0.480 e. The summed E-state index contributed by atoms with van der Waals surface area (Å²) in [4.78, 5) is 22.4. The number of hydrogen-bond acceptors (Lipinski definition) is 3. The molecule has 0 aliphatic heterocycles. The summed E-state index contributed by atoms with van der Waals surface area (Å²) in [5, 5.41) is 14.3. The highest BCUT2D eigenvalue weighted by Crippen LogP contribution is 2.02. The monoisotopic (exact) mass is 230 g/mol. The molecule has 0 aromatic heterocycles. The third kappa shape index (κ3) is 5.11. The second-order valence-electron chi connectivity index (χ2n) is 4.24. The molecule has 0 heterocycles. The molecule has 0 rings (SSSR count). The molecule has 1 amide bonds. The van der Waals surface area contributed by atoms with Crippen molar-refractivity contribution < 1.29 is 14.7 Å². The van der Waals surface area contributed by atoms with Crippen molar-refractivity contribution in [2.45, 2.75) is 46.2 Å². The SMILES string of the molecule is CCCN[C@H](C(=O)N[C@@H](C)C(=O)O)C(C)C. The maximum atomic E-state index is 11.8. The van der Waals surface area contributed by atoms with Crippen LogP contribution in [0.15, 0.2) is 0 Å². The van der Waals surface area contributed by atoms with Gasteiger partial charge in [-0.3, -0.25) is 9.59 Å². The summed E-state index contributed by atoms with van der Waals surface area (Å²) >= 11 is 0. The minimum absolute atomic E-state index is 0.132. The van der Waals surface area contributed by atoms with Crippen molar-refractivity contribution in [2.24, 2.45) is 5.92 Å². The zero-order chi connectivity index (χ0) is 12.7. The summed E-state index contributed by atoms with van der Waals surface area (Å²) < 4.78 is 0. The van der Waals surface area contributed by atoms with Crippen LogP contribution in [0.4, 0.5) is 0 Å². The van der Waals surface area contributed by atoms with Crippen molar-refractivity contribution in [3.05, 3.63) is 0 Å². The van der Waals surface area contributed by atoms with Crippen LogP contribution in [0, 0.1) is 5.92 Å². The molecule has 0 fully saturated rings. The van der Waals surface area contributed by atoms with Crippen LogP contribution in [0.25, 0.3) is 0 Å². The maximum absolute atomic E-state index is 11.8. The molecule has 0 aromatic rings. The first-order chi connectivity index (χ1) is 7.40. The smallest absolute Gasteiger partial charge is 0.325 e. The molecule has 0 unspecified atom stereocenters. The summed E-state index contributed by atoms with van der Waals surface area (Å²) in [6.07, 6.45) is 0.936. The van der Waals surface area contributed by atoms with Gasteiger partial charge in [0.2, 0.25) is 5.91 Å². The zero-order valence-corrected chi connectivity index (χ0v) is 10.4. The Balaban J connectivity index is 4.32. The van der Waals surface area contributed by atoms with E-state index in [1.54, 1.807) is 0 Å². The van der Waals surface area contributed by atoms with E-state index in [0.29, 0.717) is 0 Å². The summed E-state index contributed by atoms with van der Waals surface area (Å²) in [5.74, 6) is -1.14. The predicted octanol–water partition coefficient (Wildman–Crippen LogP) is 0.600. The molecule has 2 atom stereocenters. The first-order valence-electron chi connectivity index (χ1n) is 5.66. The van der Waals surface area contributed by atoms with Crippen LogP contribution in [0.3, 0.4) is 0 Å². The lowest BCUT2D eigenvalue weighted by atomic mass is 10.0. The fourth-order valence-corrected chi connectivity index (χ4v) is 1.30. The van der Waals surface area contributed by atoms with Crippen LogP contribution in [0.5, 0.6) is 0 Å². The Morgan fingerprint density at radius 3 is 2.19 bits per heavy atom. The Morgan fingerprint density at radius 1 is 1.25 bits per heavy atom. The molecule has 0 bridgehead atoms. The highest BCUT2D eigenvalue weighted by atomic mass is 16.4. The molecule has 0 saturated carbocycles. The average molecular weight is 230 g/mol. The van der Waals surface area contributed by atoms with Crippen molar-refractivity contribution in [1.29, 1.82) is 0 Å². The van der Waals surface area contributed by atoms with Gasteiger partial charge in [-0.2, -0.15) is 0 Å². The van der Waals surface area contributed by atoms with Crippen molar-refractivity contribution in [3.8, 4) is 0 Å². The molecule has 16 heavy (non-hydrogen) atoms. The Bertz CT molecular complexity index is 241. The molecule has 94 valence electrons. The van der Waals surface area contributed by atoms with E-state index in [1.807, 2.05) is 20.8 Å². The molecular formula is C11H22N2O3. The van der Waals surface area contributed by atoms with E-state index in [1.165, 1.54) is 6.92 Å². The first-order valence-corrected chi connectivity index (χ1v) is 5.66. The van der Waals surface area contributed by atoms with Crippen molar-refractivity contribution in [3.63, 3.8) is 0 Å². The number of carbonyl (C=O) groups excluding carboxylic acids is 1. The molecule has 3 N–H and O–H groups in total. The van der Waals surface area contributed by atoms with Crippen LogP contribution in [-0.4, -0.2) is 35.6 Å². The molecule has 0 aliphatic rings. The largest absolute Gasteiger partial charge is 0.480 e. The number of carboxylic acid groups (broad SMARTS) is 1.